The molecule has 102 heavy (non-hydrogen) atoms. The van der Waals surface area contributed by atoms with E-state index in [0.29, 0.717) is 12.8 Å². The third-order valence-electron chi connectivity index (χ3n) is 20.5. The smallest absolute Gasteiger partial charge is 0.220 e. The summed E-state index contributed by atoms with van der Waals surface area (Å²) in [5.41, 5.74) is 0. The molecule has 2 fully saturated rings. The van der Waals surface area contributed by atoms with E-state index in [4.69, 9.17) is 18.9 Å². The van der Waals surface area contributed by atoms with Crippen molar-refractivity contribution >= 4 is 5.91 Å². The van der Waals surface area contributed by atoms with Crippen LogP contribution >= 0.6 is 0 Å². The molecule has 1 amide bonds. The highest BCUT2D eigenvalue weighted by Gasteiger charge is 2.51. The molecule has 0 radical (unpaired) electrons. The average Bonchev–Trinajstić information content (AvgIpc) is 0.790. The molecule has 2 heterocycles. The Balaban J connectivity index is 1.61. The normalized spacial score (nSPS) is 22.1. The zero-order valence-electron chi connectivity index (χ0n) is 65.3. The van der Waals surface area contributed by atoms with Crippen molar-refractivity contribution in [2.75, 3.05) is 19.8 Å². The molecule has 2 rings (SSSR count). The van der Waals surface area contributed by atoms with Crippen molar-refractivity contribution in [3.8, 4) is 0 Å². The summed E-state index contributed by atoms with van der Waals surface area (Å²) in [4.78, 5) is 13.4. The van der Waals surface area contributed by atoms with Gasteiger partial charge < -0.3 is 65.1 Å². The number of ether oxygens (including phenoxy) is 4. The van der Waals surface area contributed by atoms with Gasteiger partial charge in [-0.3, -0.25) is 4.79 Å². The summed E-state index contributed by atoms with van der Waals surface area (Å²) in [6, 6.07) is -0.943. The van der Waals surface area contributed by atoms with Crippen LogP contribution in [0.15, 0.2) is 85.1 Å². The van der Waals surface area contributed by atoms with E-state index in [1.165, 1.54) is 270 Å². The maximum absolute atomic E-state index is 13.4. The second-order valence-corrected chi connectivity index (χ2v) is 29.9. The number of aliphatic hydroxyl groups excluding tert-OH is 8. The molecule has 14 nitrogen and oxygen atoms in total. The Kier molecular flexibility index (Phi) is 66.4. The Bertz CT molecular complexity index is 2040. The molecule has 9 N–H and O–H groups in total. The lowest BCUT2D eigenvalue weighted by atomic mass is 9.97. The van der Waals surface area contributed by atoms with Crippen LogP contribution in [-0.2, 0) is 23.7 Å². The lowest BCUT2D eigenvalue weighted by Crippen LogP contribution is -2.65. The minimum Gasteiger partial charge on any atom is -0.394 e. The van der Waals surface area contributed by atoms with Gasteiger partial charge in [-0.25, -0.2) is 0 Å². The number of unbranched alkanes of at least 4 members (excludes halogenated alkanes) is 47. The monoisotopic (exact) mass is 1440 g/mol. The molecular weight excluding hydrogens is 1280 g/mol. The first kappa shape index (κ1) is 95.2. The topological polar surface area (TPSA) is 228 Å². The number of nitrogens with one attached hydrogen (secondary N) is 1. The van der Waals surface area contributed by atoms with Crippen molar-refractivity contribution in [3.63, 3.8) is 0 Å². The van der Waals surface area contributed by atoms with Crippen LogP contribution in [0, 0.1) is 0 Å². The van der Waals surface area contributed by atoms with Crippen LogP contribution in [0.3, 0.4) is 0 Å². The molecule has 2 aliphatic heterocycles. The summed E-state index contributed by atoms with van der Waals surface area (Å²) < 4.78 is 22.9. The van der Waals surface area contributed by atoms with Crippen molar-refractivity contribution in [3.05, 3.63) is 85.1 Å². The van der Waals surface area contributed by atoms with E-state index < -0.39 is 86.8 Å². The fraction of sp³-hybridized carbons (Fsp3) is 0.830. The molecule has 12 unspecified atom stereocenters. The maximum Gasteiger partial charge on any atom is 0.220 e. The minimum atomic E-state index is -1.80. The summed E-state index contributed by atoms with van der Waals surface area (Å²) in [5, 5.41) is 87.8. The summed E-state index contributed by atoms with van der Waals surface area (Å²) in [6.07, 6.45) is 84.1. The van der Waals surface area contributed by atoms with Gasteiger partial charge in [-0.15, -0.1) is 0 Å². The van der Waals surface area contributed by atoms with Gasteiger partial charge in [-0.05, 0) is 83.5 Å². The van der Waals surface area contributed by atoms with Crippen molar-refractivity contribution in [1.29, 1.82) is 0 Å². The number of rotatable bonds is 72. The predicted octanol–water partition coefficient (Wildman–Crippen LogP) is 20.3. The van der Waals surface area contributed by atoms with Crippen LogP contribution in [0.1, 0.15) is 373 Å². The molecule has 0 aliphatic carbocycles. The summed E-state index contributed by atoms with van der Waals surface area (Å²) in [5.74, 6) is -0.248. The third kappa shape index (κ3) is 53.0. The van der Waals surface area contributed by atoms with Crippen molar-refractivity contribution in [2.24, 2.45) is 0 Å². The molecule has 0 spiro atoms. The molecule has 0 bridgehead atoms. The number of hydrogen-bond donors (Lipinski definition) is 9. The molecule has 2 aliphatic rings. The lowest BCUT2D eigenvalue weighted by molar-refractivity contribution is -0.359. The standard InChI is InChI=1S/C88H159NO13/c1-3-5-7-9-11-13-15-17-19-21-23-25-27-29-31-33-35-37-38-40-42-44-46-48-50-52-54-56-58-60-62-64-66-68-70-72-80(93)89-76(75-99-87-85(98)83(96)86(79(74-91)101-87)102-88-84(97)82(95)81(94)78(73-90)100-88)77(92)71-69-67-65-63-61-59-57-55-53-51-49-47-45-43-41-39-36-34-32-30-28-26-24-22-20-18-16-14-12-10-8-6-4-2/h5,7,11,13,17,19,23,25,53,55,61,63,69,71,76-79,81-88,90-92,94-98H,3-4,6,8-10,12,14-16,18,20-22,24,26-52,54,56-60,62,64-68,70,72-75H2,1-2H3,(H,89,93)/b7-5-,13-11-,19-17-,25-23-,55-53+,63-61+,71-69+. The van der Waals surface area contributed by atoms with Gasteiger partial charge >= 0.3 is 0 Å². The van der Waals surface area contributed by atoms with E-state index in [9.17, 15) is 45.6 Å². The molecule has 594 valence electrons. The number of carbonyl (C=O) groups excluding carboxylic acids is 1. The van der Waals surface area contributed by atoms with Gasteiger partial charge in [0.15, 0.2) is 12.6 Å². The van der Waals surface area contributed by atoms with E-state index in [1.54, 1.807) is 6.08 Å². The van der Waals surface area contributed by atoms with Crippen LogP contribution in [0.5, 0.6) is 0 Å². The molecule has 2 saturated heterocycles. The molecule has 0 aromatic heterocycles. The second kappa shape index (κ2) is 71.1. The molecule has 0 aromatic rings. The quantitative estimate of drug-likeness (QED) is 0.0204. The van der Waals surface area contributed by atoms with E-state index in [0.717, 1.165) is 70.6 Å². The fourth-order valence-electron chi connectivity index (χ4n) is 13.9. The number of hydrogen-bond acceptors (Lipinski definition) is 13. The van der Waals surface area contributed by atoms with Gasteiger partial charge in [-0.1, -0.05) is 369 Å². The first-order valence-electron chi connectivity index (χ1n) is 42.8. The molecular formula is C88H159NO13. The summed E-state index contributed by atoms with van der Waals surface area (Å²) >= 11 is 0. The van der Waals surface area contributed by atoms with Gasteiger partial charge in [0.05, 0.1) is 32.0 Å². The van der Waals surface area contributed by atoms with Gasteiger partial charge in [0.25, 0.3) is 0 Å². The third-order valence-corrected chi connectivity index (χ3v) is 20.5. The lowest BCUT2D eigenvalue weighted by Gasteiger charge is -2.46. The van der Waals surface area contributed by atoms with Gasteiger partial charge in [-0.2, -0.15) is 0 Å². The Morgan fingerprint density at radius 2 is 0.686 bits per heavy atom. The fourth-order valence-corrected chi connectivity index (χ4v) is 13.9. The van der Waals surface area contributed by atoms with Gasteiger partial charge in [0.1, 0.15) is 48.8 Å². The van der Waals surface area contributed by atoms with E-state index in [-0.39, 0.29) is 18.9 Å². The highest BCUT2D eigenvalue weighted by molar-refractivity contribution is 5.76. The van der Waals surface area contributed by atoms with Crippen LogP contribution in [-0.4, -0.2) is 140 Å². The van der Waals surface area contributed by atoms with Gasteiger partial charge in [0, 0.05) is 6.42 Å². The highest BCUT2D eigenvalue weighted by atomic mass is 16.7. The average molecular weight is 1440 g/mol. The molecule has 0 saturated carbocycles. The van der Waals surface area contributed by atoms with Crippen molar-refractivity contribution < 1.29 is 64.6 Å². The highest BCUT2D eigenvalue weighted by Crippen LogP contribution is 2.30. The maximum atomic E-state index is 13.4. The van der Waals surface area contributed by atoms with Crippen molar-refractivity contribution in [1.82, 2.24) is 5.32 Å². The van der Waals surface area contributed by atoms with E-state index >= 15 is 0 Å². The van der Waals surface area contributed by atoms with Gasteiger partial charge in [0.2, 0.25) is 5.91 Å². The Morgan fingerprint density at radius 3 is 1.08 bits per heavy atom. The zero-order chi connectivity index (χ0) is 73.7. The number of carbonyl (C=O) groups is 1. The van der Waals surface area contributed by atoms with Crippen LogP contribution in [0.4, 0.5) is 0 Å². The Labute approximate surface area is 624 Å². The number of amides is 1. The molecule has 14 heteroatoms. The first-order valence-corrected chi connectivity index (χ1v) is 42.8. The second-order valence-electron chi connectivity index (χ2n) is 29.9. The SMILES string of the molecule is CC/C=C\C/C=C\C/C=C\C/C=C\CCCCCCCCCCCCCCCCCCCCCCCCC(=O)NC(COC1OC(CO)C(OC2OC(CO)C(O)C(O)C2O)C(O)C1O)C(O)/C=C/CC/C=C/CC/C=C/CCCCCCCCCCCCCCCCCCCCCCCCC. The zero-order valence-corrected chi connectivity index (χ0v) is 65.3. The Morgan fingerprint density at radius 1 is 0.363 bits per heavy atom. The van der Waals surface area contributed by atoms with E-state index in [1.807, 2.05) is 6.08 Å². The summed E-state index contributed by atoms with van der Waals surface area (Å²) in [6.45, 7) is 2.72. The number of allylic oxidation sites excluding steroid dienone is 13. The van der Waals surface area contributed by atoms with Crippen LogP contribution < -0.4 is 5.32 Å². The molecule has 12 atom stereocenters. The van der Waals surface area contributed by atoms with E-state index in [2.05, 4.69) is 92.1 Å². The predicted molar refractivity (Wildman–Crippen MR) is 424 cm³/mol. The Hall–Kier alpha value is -2.83. The molecule has 0 aromatic carbocycles. The van der Waals surface area contributed by atoms with Crippen LogP contribution in [0.25, 0.3) is 0 Å². The summed E-state index contributed by atoms with van der Waals surface area (Å²) in [7, 11) is 0. The van der Waals surface area contributed by atoms with Crippen LogP contribution in [0.2, 0.25) is 0 Å². The first-order chi connectivity index (χ1) is 50.1. The minimum absolute atomic E-state index is 0.248. The number of aliphatic hydroxyl groups is 8. The largest absolute Gasteiger partial charge is 0.394 e. The van der Waals surface area contributed by atoms with Crippen molar-refractivity contribution in [2.45, 2.75) is 447 Å².